The predicted octanol–water partition coefficient (Wildman–Crippen LogP) is 4.75. The van der Waals surface area contributed by atoms with E-state index in [9.17, 15) is 18.0 Å². The lowest BCUT2D eigenvalue weighted by molar-refractivity contribution is -0.137. The first-order valence-electron chi connectivity index (χ1n) is 10.7. The fourth-order valence-electron chi connectivity index (χ4n) is 3.06. The zero-order valence-electron chi connectivity index (χ0n) is 19.2. The molecule has 0 fully saturated rings. The fraction of sp³-hybridized carbons (Fsp3) is 0.217. The Labute approximate surface area is 218 Å². The highest BCUT2D eigenvalue weighted by Gasteiger charge is 2.31. The number of anilines is 1. The minimum Gasteiger partial charge on any atom is -0.351 e. The number of rotatable bonds is 9. The molecule has 0 bridgehead atoms. The minimum atomic E-state index is -4.51. The minimum absolute atomic E-state index is 0.0936. The molecule has 4 aromatic heterocycles. The van der Waals surface area contributed by atoms with Crippen LogP contribution in [0.3, 0.4) is 0 Å². The standard InChI is InChI=1S/C23H19ClF3N7O2S/c1-34(13-19-32-20(33-36-19)14-3-2-6-28-10-14)18-5-4-15(11-30-18)21(35)29-7-8-37-22-17(24)9-16(12-31-22)23(25,26)27/h2-6,9-12H,7-8,13H2,1H3,(H,29,35). The highest BCUT2D eigenvalue weighted by Crippen LogP contribution is 2.33. The summed E-state index contributed by atoms with van der Waals surface area (Å²) in [6.45, 7) is 0.560. The van der Waals surface area contributed by atoms with Crippen LogP contribution in [-0.2, 0) is 12.7 Å². The lowest BCUT2D eigenvalue weighted by atomic mass is 10.2. The van der Waals surface area contributed by atoms with Gasteiger partial charge in [-0.3, -0.25) is 9.78 Å². The van der Waals surface area contributed by atoms with Gasteiger partial charge in [0.25, 0.3) is 5.91 Å². The molecular formula is C23H19ClF3N7O2S. The third kappa shape index (κ3) is 6.95. The zero-order valence-corrected chi connectivity index (χ0v) is 20.8. The van der Waals surface area contributed by atoms with Gasteiger partial charge in [-0.2, -0.15) is 18.2 Å². The van der Waals surface area contributed by atoms with E-state index in [0.717, 1.165) is 29.6 Å². The molecule has 0 saturated heterocycles. The van der Waals surface area contributed by atoms with E-state index in [1.807, 2.05) is 6.07 Å². The molecule has 1 N–H and O–H groups in total. The smallest absolute Gasteiger partial charge is 0.351 e. The fourth-order valence-corrected chi connectivity index (χ4v) is 4.11. The number of nitrogens with one attached hydrogen (secondary N) is 1. The van der Waals surface area contributed by atoms with Crippen LogP contribution in [0.4, 0.5) is 19.0 Å². The van der Waals surface area contributed by atoms with E-state index in [4.69, 9.17) is 16.1 Å². The first kappa shape index (κ1) is 26.4. The Kier molecular flexibility index (Phi) is 8.24. The van der Waals surface area contributed by atoms with Crippen molar-refractivity contribution >= 4 is 35.1 Å². The van der Waals surface area contributed by atoms with E-state index < -0.39 is 11.7 Å². The van der Waals surface area contributed by atoms with Gasteiger partial charge in [0.05, 0.1) is 22.7 Å². The van der Waals surface area contributed by atoms with E-state index in [1.165, 1.54) is 6.20 Å². The average Bonchev–Trinajstić information content (AvgIpc) is 3.35. The summed E-state index contributed by atoms with van der Waals surface area (Å²) in [5.41, 5.74) is 0.179. The van der Waals surface area contributed by atoms with Gasteiger partial charge in [-0.25, -0.2) is 9.97 Å². The van der Waals surface area contributed by atoms with Gasteiger partial charge in [0.15, 0.2) is 0 Å². The largest absolute Gasteiger partial charge is 0.417 e. The number of alkyl halides is 3. The Morgan fingerprint density at radius 1 is 1.19 bits per heavy atom. The van der Waals surface area contributed by atoms with Crippen LogP contribution in [-0.4, -0.2) is 50.3 Å². The van der Waals surface area contributed by atoms with E-state index in [1.54, 1.807) is 42.5 Å². The number of carbonyl (C=O) groups excluding carboxylic acids is 1. The van der Waals surface area contributed by atoms with E-state index in [2.05, 4.69) is 30.4 Å². The number of pyridine rings is 3. The van der Waals surface area contributed by atoms with Crippen molar-refractivity contribution in [3.05, 3.63) is 77.2 Å². The van der Waals surface area contributed by atoms with Crippen molar-refractivity contribution in [3.63, 3.8) is 0 Å². The number of aromatic nitrogens is 5. The highest BCUT2D eigenvalue weighted by molar-refractivity contribution is 7.99. The molecule has 14 heteroatoms. The number of halogens is 4. The SMILES string of the molecule is CN(Cc1nc(-c2cccnc2)no1)c1ccc(C(=O)NCCSc2ncc(C(F)(F)F)cc2Cl)cn1. The molecular weight excluding hydrogens is 531 g/mol. The molecule has 1 amide bonds. The van der Waals surface area contributed by atoms with Gasteiger partial charge in [-0.15, -0.1) is 11.8 Å². The summed E-state index contributed by atoms with van der Waals surface area (Å²) in [6.07, 6.45) is 0.961. The summed E-state index contributed by atoms with van der Waals surface area (Å²) < 4.78 is 43.4. The quantitative estimate of drug-likeness (QED) is 0.233. The van der Waals surface area contributed by atoms with Crippen LogP contribution in [0.5, 0.6) is 0 Å². The van der Waals surface area contributed by atoms with Gasteiger partial charge in [0, 0.05) is 49.7 Å². The van der Waals surface area contributed by atoms with Crippen molar-refractivity contribution in [2.75, 3.05) is 24.2 Å². The molecule has 0 saturated carbocycles. The lowest BCUT2D eigenvalue weighted by Gasteiger charge is -2.15. The average molecular weight is 550 g/mol. The number of thioether (sulfide) groups is 1. The van der Waals surface area contributed by atoms with Crippen LogP contribution < -0.4 is 10.2 Å². The number of hydrogen-bond acceptors (Lipinski definition) is 9. The number of nitrogens with zero attached hydrogens (tertiary/aromatic N) is 6. The van der Waals surface area contributed by atoms with Gasteiger partial charge in [-0.05, 0) is 30.3 Å². The first-order valence-corrected chi connectivity index (χ1v) is 12.1. The molecule has 0 aromatic carbocycles. The Hall–Kier alpha value is -3.71. The third-order valence-electron chi connectivity index (χ3n) is 4.92. The maximum atomic E-state index is 12.7. The maximum absolute atomic E-state index is 12.7. The molecule has 0 radical (unpaired) electrons. The summed E-state index contributed by atoms with van der Waals surface area (Å²) in [5, 5.41) is 6.85. The van der Waals surface area contributed by atoms with Crippen LogP contribution in [0.25, 0.3) is 11.4 Å². The Balaban J connectivity index is 1.25. The molecule has 0 atom stereocenters. The van der Waals surface area contributed by atoms with Crippen LogP contribution in [0.2, 0.25) is 5.02 Å². The summed E-state index contributed by atoms with van der Waals surface area (Å²) in [7, 11) is 1.80. The van der Waals surface area contributed by atoms with Crippen molar-refractivity contribution in [1.29, 1.82) is 0 Å². The summed E-state index contributed by atoms with van der Waals surface area (Å²) in [4.78, 5) is 30.7. The topological polar surface area (TPSA) is 110 Å². The Bertz CT molecular complexity index is 1350. The van der Waals surface area contributed by atoms with Gasteiger partial charge < -0.3 is 14.7 Å². The summed E-state index contributed by atoms with van der Waals surface area (Å²) in [6, 6.07) is 7.76. The molecule has 9 nitrogen and oxygen atoms in total. The van der Waals surface area contributed by atoms with Crippen LogP contribution in [0, 0.1) is 0 Å². The van der Waals surface area contributed by atoms with E-state index in [0.29, 0.717) is 35.4 Å². The van der Waals surface area contributed by atoms with Crippen LogP contribution >= 0.6 is 23.4 Å². The molecule has 192 valence electrons. The molecule has 4 heterocycles. The predicted molar refractivity (Wildman–Crippen MR) is 131 cm³/mol. The molecule has 0 aliphatic rings. The molecule has 0 aliphatic heterocycles. The summed E-state index contributed by atoms with van der Waals surface area (Å²) >= 11 is 7.03. The Morgan fingerprint density at radius 2 is 2.03 bits per heavy atom. The van der Waals surface area contributed by atoms with Crippen LogP contribution in [0.1, 0.15) is 21.8 Å². The van der Waals surface area contributed by atoms with Gasteiger partial charge in [-0.1, -0.05) is 16.8 Å². The van der Waals surface area contributed by atoms with Crippen LogP contribution in [0.15, 0.2) is 64.7 Å². The second-order valence-corrected chi connectivity index (χ2v) is 9.12. The molecule has 0 aliphatic carbocycles. The van der Waals surface area contributed by atoms with Gasteiger partial charge in [0.2, 0.25) is 11.7 Å². The first-order chi connectivity index (χ1) is 17.7. The zero-order chi connectivity index (χ0) is 26.4. The van der Waals surface area contributed by atoms with E-state index in [-0.39, 0.29) is 22.5 Å². The van der Waals surface area contributed by atoms with Crippen molar-refractivity contribution in [2.24, 2.45) is 0 Å². The van der Waals surface area contributed by atoms with Gasteiger partial charge >= 0.3 is 6.18 Å². The van der Waals surface area contributed by atoms with Crippen molar-refractivity contribution in [1.82, 2.24) is 30.4 Å². The summed E-state index contributed by atoms with van der Waals surface area (Å²) in [5.74, 6) is 1.45. The maximum Gasteiger partial charge on any atom is 0.417 e. The molecule has 0 spiro atoms. The van der Waals surface area contributed by atoms with Crippen molar-refractivity contribution in [3.8, 4) is 11.4 Å². The highest BCUT2D eigenvalue weighted by atomic mass is 35.5. The second kappa shape index (κ2) is 11.6. The number of hydrogen-bond donors (Lipinski definition) is 1. The van der Waals surface area contributed by atoms with Gasteiger partial charge in [0.1, 0.15) is 10.8 Å². The molecule has 0 unspecified atom stereocenters. The van der Waals surface area contributed by atoms with Crippen molar-refractivity contribution in [2.45, 2.75) is 17.7 Å². The molecule has 4 aromatic rings. The number of carbonyl (C=O) groups is 1. The monoisotopic (exact) mass is 549 g/mol. The second-order valence-electron chi connectivity index (χ2n) is 7.63. The normalized spacial score (nSPS) is 11.4. The number of amides is 1. The van der Waals surface area contributed by atoms with Crippen molar-refractivity contribution < 1.29 is 22.5 Å². The molecule has 37 heavy (non-hydrogen) atoms. The Morgan fingerprint density at radius 3 is 2.70 bits per heavy atom. The lowest BCUT2D eigenvalue weighted by Crippen LogP contribution is -2.26. The molecule has 4 rings (SSSR count). The third-order valence-corrected chi connectivity index (χ3v) is 6.33. The van der Waals surface area contributed by atoms with E-state index >= 15 is 0 Å².